The zero-order chi connectivity index (χ0) is 10.3. The molecular weight excluding hydrogens is 158 g/mol. The van der Waals surface area contributed by atoms with E-state index >= 15 is 0 Å². The van der Waals surface area contributed by atoms with E-state index in [1.165, 1.54) is 17.7 Å². The molecule has 0 atom stereocenters. The van der Waals surface area contributed by atoms with Crippen LogP contribution in [0.1, 0.15) is 33.6 Å². The molecule has 0 aromatic rings. The molecule has 0 aromatic heterocycles. The average molecular weight is 179 g/mol. The van der Waals surface area contributed by atoms with Crippen LogP contribution in [-0.2, 0) is 0 Å². The molecule has 13 heavy (non-hydrogen) atoms. The first-order valence-electron chi connectivity index (χ1n) is 5.01. The number of allylic oxidation sites excluding steroid dienone is 3. The zero-order valence-corrected chi connectivity index (χ0v) is 9.11. The lowest BCUT2D eigenvalue weighted by atomic mass is 9.98. The monoisotopic (exact) mass is 179 g/mol. The highest BCUT2D eigenvalue weighted by atomic mass is 14.9. The molecule has 1 N–H and O–H groups in total. The summed E-state index contributed by atoms with van der Waals surface area (Å²) in [5, 5.41) is 3.30. The van der Waals surface area contributed by atoms with Crippen LogP contribution in [0, 0.1) is 0 Å². The van der Waals surface area contributed by atoms with E-state index in [9.17, 15) is 0 Å². The molecule has 0 fully saturated rings. The Kier molecular flexibility index (Phi) is 6.03. The maximum Gasteiger partial charge on any atom is 0.0369 e. The minimum Gasteiger partial charge on any atom is -0.385 e. The van der Waals surface area contributed by atoms with Gasteiger partial charge in [0.1, 0.15) is 0 Å². The standard InChI is InChI=1S/C10H15N.C2H6/c1-4-10-9(8(2)3)6-5-7-11-10;1-2/h4,11H,1-2,5-7H2,3H3;1-2H3. The summed E-state index contributed by atoms with van der Waals surface area (Å²) < 4.78 is 0. The zero-order valence-electron chi connectivity index (χ0n) is 9.11. The molecule has 0 radical (unpaired) electrons. The average Bonchev–Trinajstić information content (AvgIpc) is 2.20. The van der Waals surface area contributed by atoms with Crippen molar-refractivity contribution in [1.29, 1.82) is 0 Å². The molecule has 0 aliphatic carbocycles. The van der Waals surface area contributed by atoms with Crippen LogP contribution in [0.4, 0.5) is 0 Å². The smallest absolute Gasteiger partial charge is 0.0369 e. The highest BCUT2D eigenvalue weighted by molar-refractivity contribution is 5.37. The molecule has 0 saturated carbocycles. The Morgan fingerprint density at radius 3 is 2.46 bits per heavy atom. The third kappa shape index (κ3) is 3.49. The largest absolute Gasteiger partial charge is 0.385 e. The number of rotatable bonds is 2. The molecule has 0 spiro atoms. The predicted molar refractivity (Wildman–Crippen MR) is 60.6 cm³/mol. The Morgan fingerprint density at radius 1 is 1.46 bits per heavy atom. The highest BCUT2D eigenvalue weighted by Crippen LogP contribution is 2.20. The van der Waals surface area contributed by atoms with Gasteiger partial charge >= 0.3 is 0 Å². The molecular formula is C12H21N. The van der Waals surface area contributed by atoms with Crippen molar-refractivity contribution in [3.05, 3.63) is 36.1 Å². The van der Waals surface area contributed by atoms with E-state index in [0.29, 0.717) is 0 Å². The van der Waals surface area contributed by atoms with Gasteiger partial charge in [-0.15, -0.1) is 0 Å². The molecule has 0 saturated heterocycles. The molecule has 1 rings (SSSR count). The first-order chi connectivity index (χ1) is 6.25. The van der Waals surface area contributed by atoms with Crippen molar-refractivity contribution in [2.75, 3.05) is 6.54 Å². The Balaban J connectivity index is 0.000000671. The van der Waals surface area contributed by atoms with Crippen molar-refractivity contribution < 1.29 is 0 Å². The van der Waals surface area contributed by atoms with Gasteiger partial charge in [-0.25, -0.2) is 0 Å². The van der Waals surface area contributed by atoms with Gasteiger partial charge in [-0.2, -0.15) is 0 Å². The summed E-state index contributed by atoms with van der Waals surface area (Å²) in [5.41, 5.74) is 3.67. The molecule has 0 unspecified atom stereocenters. The van der Waals surface area contributed by atoms with Gasteiger partial charge in [0.25, 0.3) is 0 Å². The lowest BCUT2D eigenvalue weighted by molar-refractivity contribution is 0.680. The lowest BCUT2D eigenvalue weighted by Gasteiger charge is -2.19. The number of hydrogen-bond donors (Lipinski definition) is 1. The maximum absolute atomic E-state index is 3.93. The minimum atomic E-state index is 1.07. The fourth-order valence-electron chi connectivity index (χ4n) is 1.37. The predicted octanol–water partition coefficient (Wildman–Crippen LogP) is 3.41. The molecule has 0 aromatic carbocycles. The minimum absolute atomic E-state index is 1.07. The van der Waals surface area contributed by atoms with Crippen LogP contribution >= 0.6 is 0 Å². The van der Waals surface area contributed by atoms with Crippen molar-refractivity contribution in [1.82, 2.24) is 5.32 Å². The van der Waals surface area contributed by atoms with Gasteiger partial charge in [-0.1, -0.05) is 32.6 Å². The second-order valence-corrected chi connectivity index (χ2v) is 2.91. The summed E-state index contributed by atoms with van der Waals surface area (Å²) in [6, 6.07) is 0. The quantitative estimate of drug-likeness (QED) is 0.685. The molecule has 0 bridgehead atoms. The van der Waals surface area contributed by atoms with E-state index in [1.54, 1.807) is 0 Å². The van der Waals surface area contributed by atoms with Crippen molar-refractivity contribution in [2.24, 2.45) is 0 Å². The van der Waals surface area contributed by atoms with Crippen LogP contribution in [0.25, 0.3) is 0 Å². The fourth-order valence-corrected chi connectivity index (χ4v) is 1.37. The van der Waals surface area contributed by atoms with E-state index in [2.05, 4.69) is 18.5 Å². The molecule has 1 nitrogen and oxygen atoms in total. The van der Waals surface area contributed by atoms with Crippen LogP contribution in [-0.4, -0.2) is 6.54 Å². The number of nitrogens with one attached hydrogen (secondary N) is 1. The summed E-state index contributed by atoms with van der Waals surface area (Å²) in [7, 11) is 0. The second kappa shape index (κ2) is 6.53. The first-order valence-corrected chi connectivity index (χ1v) is 5.01. The molecule has 0 amide bonds. The van der Waals surface area contributed by atoms with Gasteiger partial charge in [0.2, 0.25) is 0 Å². The van der Waals surface area contributed by atoms with Crippen molar-refractivity contribution in [2.45, 2.75) is 33.6 Å². The normalized spacial score (nSPS) is 15.3. The van der Waals surface area contributed by atoms with Gasteiger partial charge in [-0.05, 0) is 31.4 Å². The third-order valence-corrected chi connectivity index (χ3v) is 1.96. The summed E-state index contributed by atoms with van der Waals surface area (Å²) in [6.07, 6.45) is 4.23. The van der Waals surface area contributed by atoms with Gasteiger partial charge in [-0.3, -0.25) is 0 Å². The van der Waals surface area contributed by atoms with E-state index in [-0.39, 0.29) is 0 Å². The third-order valence-electron chi connectivity index (χ3n) is 1.96. The van der Waals surface area contributed by atoms with E-state index < -0.39 is 0 Å². The number of hydrogen-bond acceptors (Lipinski definition) is 1. The topological polar surface area (TPSA) is 12.0 Å². The van der Waals surface area contributed by atoms with Crippen molar-refractivity contribution in [3.63, 3.8) is 0 Å². The van der Waals surface area contributed by atoms with E-state index in [1.807, 2.05) is 26.8 Å². The molecule has 1 aliphatic heterocycles. The van der Waals surface area contributed by atoms with Crippen LogP contribution in [0.2, 0.25) is 0 Å². The Hall–Kier alpha value is -0.980. The Labute approximate surface area is 82.2 Å². The second-order valence-electron chi connectivity index (χ2n) is 2.91. The summed E-state index contributed by atoms with van der Waals surface area (Å²) in [4.78, 5) is 0. The Bertz CT molecular complexity index is 211. The summed E-state index contributed by atoms with van der Waals surface area (Å²) >= 11 is 0. The maximum atomic E-state index is 3.93. The van der Waals surface area contributed by atoms with Crippen molar-refractivity contribution >= 4 is 0 Å². The van der Waals surface area contributed by atoms with Crippen LogP contribution in [0.3, 0.4) is 0 Å². The lowest BCUT2D eigenvalue weighted by Crippen LogP contribution is -2.20. The van der Waals surface area contributed by atoms with Gasteiger partial charge in [0, 0.05) is 12.2 Å². The van der Waals surface area contributed by atoms with Crippen LogP contribution < -0.4 is 5.32 Å². The fraction of sp³-hybridized carbons (Fsp3) is 0.500. The summed E-state index contributed by atoms with van der Waals surface area (Å²) in [5.74, 6) is 0. The van der Waals surface area contributed by atoms with E-state index in [4.69, 9.17) is 0 Å². The van der Waals surface area contributed by atoms with Gasteiger partial charge in [0.05, 0.1) is 0 Å². The van der Waals surface area contributed by atoms with Crippen LogP contribution in [0.15, 0.2) is 36.1 Å². The van der Waals surface area contributed by atoms with Crippen LogP contribution in [0.5, 0.6) is 0 Å². The molecule has 74 valence electrons. The van der Waals surface area contributed by atoms with E-state index in [0.717, 1.165) is 18.5 Å². The SMILES string of the molecule is C=CC1=C(C(=C)C)CCCN1.CC. The first kappa shape index (κ1) is 12.0. The molecule has 1 heteroatoms. The van der Waals surface area contributed by atoms with Gasteiger partial charge < -0.3 is 5.32 Å². The summed E-state index contributed by atoms with van der Waals surface area (Å²) in [6.45, 7) is 14.8. The van der Waals surface area contributed by atoms with Crippen molar-refractivity contribution in [3.8, 4) is 0 Å². The highest BCUT2D eigenvalue weighted by Gasteiger charge is 2.08. The molecule has 1 heterocycles. The Morgan fingerprint density at radius 2 is 2.08 bits per heavy atom. The molecule has 1 aliphatic rings. The van der Waals surface area contributed by atoms with Gasteiger partial charge in [0.15, 0.2) is 0 Å².